The van der Waals surface area contributed by atoms with Crippen LogP contribution in [0.15, 0.2) is 18.2 Å². The minimum atomic E-state index is -0.489. The summed E-state index contributed by atoms with van der Waals surface area (Å²) in [6.45, 7) is 1.75. The first kappa shape index (κ1) is 13.5. The molecule has 0 aliphatic heterocycles. The van der Waals surface area contributed by atoms with E-state index >= 15 is 0 Å². The molecule has 2 atom stereocenters. The van der Waals surface area contributed by atoms with Crippen molar-refractivity contribution in [1.29, 1.82) is 0 Å². The van der Waals surface area contributed by atoms with Crippen molar-refractivity contribution < 1.29 is 9.90 Å². The summed E-state index contributed by atoms with van der Waals surface area (Å²) in [5.74, 6) is 0. The van der Waals surface area contributed by atoms with Crippen molar-refractivity contribution in [3.05, 3.63) is 33.8 Å². The molecule has 0 saturated heterocycles. The van der Waals surface area contributed by atoms with E-state index in [1.807, 2.05) is 0 Å². The number of halogens is 2. The summed E-state index contributed by atoms with van der Waals surface area (Å²) in [6, 6.07) is 4.35. The van der Waals surface area contributed by atoms with Gasteiger partial charge in [-0.1, -0.05) is 29.3 Å². The number of aldehydes is 1. The summed E-state index contributed by atoms with van der Waals surface area (Å²) in [4.78, 5) is 10.9. The van der Waals surface area contributed by atoms with Gasteiger partial charge in [-0.3, -0.25) is 5.32 Å². The first-order valence-corrected chi connectivity index (χ1v) is 5.61. The summed E-state index contributed by atoms with van der Waals surface area (Å²) in [5.41, 5.74) is 0.727. The molecule has 0 aromatic heterocycles. The molecule has 0 saturated carbocycles. The van der Waals surface area contributed by atoms with Crippen LogP contribution in [-0.2, 0) is 4.79 Å². The van der Waals surface area contributed by atoms with Crippen molar-refractivity contribution in [2.45, 2.75) is 19.0 Å². The lowest BCUT2D eigenvalue weighted by molar-refractivity contribution is -0.109. The molecule has 0 aliphatic rings. The molecule has 5 heteroatoms. The number of benzene rings is 1. The molecule has 1 aromatic carbocycles. The molecule has 1 rings (SSSR count). The molecule has 1 unspecified atom stereocenters. The van der Waals surface area contributed by atoms with Crippen molar-refractivity contribution in [3.8, 4) is 0 Å². The van der Waals surface area contributed by atoms with Crippen LogP contribution in [-0.4, -0.2) is 24.0 Å². The summed E-state index contributed by atoms with van der Waals surface area (Å²) in [6.07, 6.45) is 0.770. The van der Waals surface area contributed by atoms with Crippen molar-refractivity contribution in [2.24, 2.45) is 0 Å². The van der Waals surface area contributed by atoms with Crippen LogP contribution in [0.5, 0.6) is 0 Å². The second-order valence-corrected chi connectivity index (χ2v) is 4.35. The number of carbonyl (C=O) groups is 1. The van der Waals surface area contributed by atoms with Gasteiger partial charge in [-0.25, -0.2) is 0 Å². The Labute approximate surface area is 104 Å². The van der Waals surface area contributed by atoms with Gasteiger partial charge in [0.05, 0.1) is 22.7 Å². The third-order valence-corrected chi connectivity index (χ3v) is 2.92. The fraction of sp³-hybridized carbons (Fsp3) is 0.364. The summed E-state index contributed by atoms with van der Waals surface area (Å²) < 4.78 is 0. The monoisotopic (exact) mass is 261 g/mol. The van der Waals surface area contributed by atoms with E-state index in [-0.39, 0.29) is 12.6 Å². The molecular weight excluding hydrogens is 249 g/mol. The number of hydrogen-bond acceptors (Lipinski definition) is 3. The SMILES string of the molecule is C[C@@H](CO)NC(C=O)c1ccc(Cl)c(Cl)c1. The van der Waals surface area contributed by atoms with E-state index in [9.17, 15) is 4.79 Å². The zero-order valence-electron chi connectivity index (χ0n) is 8.78. The van der Waals surface area contributed by atoms with Gasteiger partial charge in [-0.15, -0.1) is 0 Å². The third-order valence-electron chi connectivity index (χ3n) is 2.18. The minimum absolute atomic E-state index is 0.0360. The van der Waals surface area contributed by atoms with Gasteiger partial charge in [0.1, 0.15) is 6.29 Å². The van der Waals surface area contributed by atoms with Gasteiger partial charge < -0.3 is 9.90 Å². The van der Waals surface area contributed by atoms with Crippen LogP contribution in [0, 0.1) is 0 Å². The van der Waals surface area contributed by atoms with Crippen molar-refractivity contribution in [3.63, 3.8) is 0 Å². The lowest BCUT2D eigenvalue weighted by atomic mass is 10.1. The molecule has 1 aromatic rings. The zero-order valence-corrected chi connectivity index (χ0v) is 10.3. The van der Waals surface area contributed by atoms with Gasteiger partial charge in [0, 0.05) is 6.04 Å². The Morgan fingerprint density at radius 1 is 1.44 bits per heavy atom. The van der Waals surface area contributed by atoms with E-state index in [0.29, 0.717) is 10.0 Å². The molecule has 88 valence electrons. The maximum atomic E-state index is 10.9. The highest BCUT2D eigenvalue weighted by atomic mass is 35.5. The van der Waals surface area contributed by atoms with Gasteiger partial charge in [-0.2, -0.15) is 0 Å². The van der Waals surface area contributed by atoms with E-state index in [0.717, 1.165) is 11.8 Å². The number of aliphatic hydroxyl groups excluding tert-OH is 1. The topological polar surface area (TPSA) is 49.3 Å². The highest BCUT2D eigenvalue weighted by Gasteiger charge is 2.13. The molecular formula is C11H13Cl2NO2. The molecule has 0 bridgehead atoms. The predicted octanol–water partition coefficient (Wildman–Crippen LogP) is 2.20. The smallest absolute Gasteiger partial charge is 0.141 e. The first-order valence-electron chi connectivity index (χ1n) is 4.85. The second kappa shape index (κ2) is 6.21. The fourth-order valence-electron chi connectivity index (χ4n) is 1.28. The molecule has 0 aliphatic carbocycles. The quantitative estimate of drug-likeness (QED) is 0.800. The van der Waals surface area contributed by atoms with Gasteiger partial charge in [0.2, 0.25) is 0 Å². The molecule has 0 amide bonds. The molecule has 16 heavy (non-hydrogen) atoms. The van der Waals surface area contributed by atoms with Crippen LogP contribution < -0.4 is 5.32 Å². The Bertz CT molecular complexity index is 371. The molecule has 0 radical (unpaired) electrons. The normalized spacial score (nSPS) is 14.5. The Morgan fingerprint density at radius 2 is 2.12 bits per heavy atom. The fourth-order valence-corrected chi connectivity index (χ4v) is 1.59. The average Bonchev–Trinajstić information content (AvgIpc) is 2.29. The predicted molar refractivity (Wildman–Crippen MR) is 65.0 cm³/mol. The Morgan fingerprint density at radius 3 is 2.62 bits per heavy atom. The number of hydrogen-bond donors (Lipinski definition) is 2. The molecule has 2 N–H and O–H groups in total. The summed E-state index contributed by atoms with van der Waals surface area (Å²) in [5, 5.41) is 12.7. The lowest BCUT2D eigenvalue weighted by Crippen LogP contribution is -2.33. The van der Waals surface area contributed by atoms with Crippen molar-refractivity contribution >= 4 is 29.5 Å². The van der Waals surface area contributed by atoms with Crippen LogP contribution in [0.4, 0.5) is 0 Å². The molecule has 0 fully saturated rings. The van der Waals surface area contributed by atoms with Gasteiger partial charge in [0.15, 0.2) is 0 Å². The van der Waals surface area contributed by atoms with Crippen LogP contribution in [0.1, 0.15) is 18.5 Å². The summed E-state index contributed by atoms with van der Waals surface area (Å²) >= 11 is 11.6. The maximum absolute atomic E-state index is 10.9. The number of carbonyl (C=O) groups excluding carboxylic acids is 1. The van der Waals surface area contributed by atoms with Crippen molar-refractivity contribution in [1.82, 2.24) is 5.32 Å². The first-order chi connectivity index (χ1) is 7.58. The highest BCUT2D eigenvalue weighted by Crippen LogP contribution is 2.25. The Hall–Kier alpha value is -0.610. The maximum Gasteiger partial charge on any atom is 0.141 e. The highest BCUT2D eigenvalue weighted by molar-refractivity contribution is 6.42. The molecule has 3 nitrogen and oxygen atoms in total. The molecule has 0 heterocycles. The van der Waals surface area contributed by atoms with Gasteiger partial charge >= 0.3 is 0 Å². The van der Waals surface area contributed by atoms with Crippen molar-refractivity contribution in [2.75, 3.05) is 6.61 Å². The number of rotatable bonds is 5. The molecule has 0 spiro atoms. The van der Waals surface area contributed by atoms with E-state index in [1.165, 1.54) is 0 Å². The number of nitrogens with one attached hydrogen (secondary N) is 1. The Balaban J connectivity index is 2.86. The Kier molecular flexibility index (Phi) is 5.22. The van der Waals surface area contributed by atoms with Gasteiger partial charge in [0.25, 0.3) is 0 Å². The number of aliphatic hydroxyl groups is 1. The van der Waals surface area contributed by atoms with E-state index in [1.54, 1.807) is 25.1 Å². The van der Waals surface area contributed by atoms with E-state index in [4.69, 9.17) is 28.3 Å². The minimum Gasteiger partial charge on any atom is -0.395 e. The van der Waals surface area contributed by atoms with Gasteiger partial charge in [-0.05, 0) is 24.6 Å². The van der Waals surface area contributed by atoms with E-state index < -0.39 is 6.04 Å². The third kappa shape index (κ3) is 3.46. The van der Waals surface area contributed by atoms with E-state index in [2.05, 4.69) is 5.32 Å². The second-order valence-electron chi connectivity index (χ2n) is 3.54. The largest absolute Gasteiger partial charge is 0.395 e. The van der Waals surface area contributed by atoms with Crippen LogP contribution in [0.2, 0.25) is 10.0 Å². The lowest BCUT2D eigenvalue weighted by Gasteiger charge is -2.17. The van der Waals surface area contributed by atoms with Crippen LogP contribution in [0.3, 0.4) is 0 Å². The standard InChI is InChI=1S/C11H13Cl2NO2/c1-7(5-15)14-11(6-16)8-2-3-9(12)10(13)4-8/h2-4,6-7,11,14-15H,5H2,1H3/t7-,11?/m0/s1. The average molecular weight is 262 g/mol. The van der Waals surface area contributed by atoms with Crippen LogP contribution >= 0.6 is 23.2 Å². The zero-order chi connectivity index (χ0) is 12.1. The van der Waals surface area contributed by atoms with Crippen LogP contribution in [0.25, 0.3) is 0 Å². The summed E-state index contributed by atoms with van der Waals surface area (Å²) in [7, 11) is 0.